The minimum Gasteiger partial charge on any atom is -0.366 e. The Kier molecular flexibility index (Phi) is 5.52. The zero-order valence-corrected chi connectivity index (χ0v) is 14.0. The third-order valence-electron chi connectivity index (χ3n) is 3.62. The second kappa shape index (κ2) is 7.39. The highest BCUT2D eigenvalue weighted by Crippen LogP contribution is 2.18. The molecule has 0 saturated heterocycles. The first kappa shape index (κ1) is 17.2. The molecule has 122 valence electrons. The molecule has 5 nitrogen and oxygen atoms in total. The fourth-order valence-corrected chi connectivity index (χ4v) is 2.93. The Bertz CT molecular complexity index is 692. The Morgan fingerprint density at radius 2 is 1.78 bits per heavy atom. The third kappa shape index (κ3) is 4.40. The van der Waals surface area contributed by atoms with Crippen LogP contribution in [0.1, 0.15) is 57.0 Å². The van der Waals surface area contributed by atoms with Crippen LogP contribution < -0.4 is 16.8 Å². The molecular weight excluding hydrogens is 310 g/mol. The minimum atomic E-state index is -0.540. The van der Waals surface area contributed by atoms with Crippen LogP contribution in [-0.2, 0) is 0 Å². The number of rotatable bonds is 6. The molecule has 5 N–H and O–H groups in total. The van der Waals surface area contributed by atoms with Gasteiger partial charge in [0.05, 0.1) is 10.4 Å². The zero-order chi connectivity index (χ0) is 17.0. The highest BCUT2D eigenvalue weighted by Gasteiger charge is 2.13. The Labute approximate surface area is 139 Å². The lowest BCUT2D eigenvalue weighted by atomic mass is 9.99. The van der Waals surface area contributed by atoms with Gasteiger partial charge in [-0.25, -0.2) is 0 Å². The number of hydrogen-bond donors (Lipinski definition) is 3. The molecule has 6 heteroatoms. The van der Waals surface area contributed by atoms with Crippen molar-refractivity contribution in [1.82, 2.24) is 5.32 Å². The predicted octanol–water partition coefficient (Wildman–Crippen LogP) is 2.40. The summed E-state index contributed by atoms with van der Waals surface area (Å²) >= 11 is 1.18. The molecule has 2 amide bonds. The van der Waals surface area contributed by atoms with Crippen molar-refractivity contribution in [1.29, 1.82) is 0 Å². The summed E-state index contributed by atoms with van der Waals surface area (Å²) in [5.74, 6) is -0.322. The van der Waals surface area contributed by atoms with E-state index in [2.05, 4.69) is 31.3 Å². The lowest BCUT2D eigenvalue weighted by molar-refractivity contribution is 0.0955. The molecular formula is C17H21N3O2S. The monoisotopic (exact) mass is 331 g/mol. The lowest BCUT2D eigenvalue weighted by Gasteiger charge is -2.14. The zero-order valence-electron chi connectivity index (χ0n) is 13.2. The minimum absolute atomic E-state index is 0.253. The molecule has 0 aliphatic rings. The maximum Gasteiger partial charge on any atom is 0.261 e. The first-order valence-corrected chi connectivity index (χ1v) is 8.28. The number of amides is 2. The van der Waals surface area contributed by atoms with Gasteiger partial charge >= 0.3 is 0 Å². The van der Waals surface area contributed by atoms with Crippen molar-refractivity contribution in [3.05, 3.63) is 57.3 Å². The van der Waals surface area contributed by atoms with E-state index in [0.29, 0.717) is 22.9 Å². The molecule has 1 atom stereocenters. The largest absolute Gasteiger partial charge is 0.366 e. The molecule has 0 fully saturated rings. The van der Waals surface area contributed by atoms with E-state index in [9.17, 15) is 9.59 Å². The Balaban J connectivity index is 1.93. The summed E-state index contributed by atoms with van der Waals surface area (Å²) in [6.45, 7) is 4.59. The van der Waals surface area contributed by atoms with Crippen LogP contribution in [0.5, 0.6) is 0 Å². The van der Waals surface area contributed by atoms with E-state index in [4.69, 9.17) is 11.5 Å². The van der Waals surface area contributed by atoms with E-state index < -0.39 is 5.91 Å². The smallest absolute Gasteiger partial charge is 0.261 e. The second-order valence-electron chi connectivity index (χ2n) is 5.70. The van der Waals surface area contributed by atoms with Crippen molar-refractivity contribution >= 4 is 23.2 Å². The first-order valence-electron chi connectivity index (χ1n) is 7.40. The standard InChI is InChI=1S/C17H21N3O2S/c1-10(2)11-3-5-12(6-4-11)14(18)8-20-17(22)15-7-13(9-23-15)16(19)21/h3-7,9-10,14H,8,18H2,1-2H3,(H2,19,21)(H,20,22). The van der Waals surface area contributed by atoms with Gasteiger partial charge in [0.15, 0.2) is 0 Å². The van der Waals surface area contributed by atoms with Gasteiger partial charge in [0.25, 0.3) is 5.91 Å². The molecule has 0 saturated carbocycles. The van der Waals surface area contributed by atoms with Crippen LogP contribution in [0.2, 0.25) is 0 Å². The van der Waals surface area contributed by atoms with Crippen molar-refractivity contribution in [2.75, 3.05) is 6.54 Å². The summed E-state index contributed by atoms with van der Waals surface area (Å²) in [4.78, 5) is 23.5. The molecule has 0 aliphatic heterocycles. The van der Waals surface area contributed by atoms with Crippen LogP contribution in [0, 0.1) is 0 Å². The molecule has 1 heterocycles. The Hall–Kier alpha value is -2.18. The molecule has 1 unspecified atom stereocenters. The molecule has 0 spiro atoms. The van der Waals surface area contributed by atoms with E-state index in [1.165, 1.54) is 23.0 Å². The lowest BCUT2D eigenvalue weighted by Crippen LogP contribution is -2.31. The van der Waals surface area contributed by atoms with Gasteiger partial charge in [0.1, 0.15) is 0 Å². The van der Waals surface area contributed by atoms with Gasteiger partial charge in [-0.15, -0.1) is 11.3 Å². The van der Waals surface area contributed by atoms with Crippen LogP contribution in [0.4, 0.5) is 0 Å². The molecule has 0 aliphatic carbocycles. The van der Waals surface area contributed by atoms with Crippen LogP contribution in [-0.4, -0.2) is 18.4 Å². The van der Waals surface area contributed by atoms with Crippen molar-refractivity contribution < 1.29 is 9.59 Å². The average Bonchev–Trinajstić information content (AvgIpc) is 3.02. The summed E-state index contributed by atoms with van der Waals surface area (Å²) in [6, 6.07) is 9.30. The predicted molar refractivity (Wildman–Crippen MR) is 92.6 cm³/mol. The van der Waals surface area contributed by atoms with Gasteiger partial charge < -0.3 is 16.8 Å². The van der Waals surface area contributed by atoms with E-state index in [0.717, 1.165) is 5.56 Å². The van der Waals surface area contributed by atoms with Crippen LogP contribution in [0.25, 0.3) is 0 Å². The quantitative estimate of drug-likeness (QED) is 0.758. The van der Waals surface area contributed by atoms with E-state index in [1.54, 1.807) is 5.38 Å². The van der Waals surface area contributed by atoms with Gasteiger partial charge in [-0.3, -0.25) is 9.59 Å². The molecule has 2 aromatic rings. The van der Waals surface area contributed by atoms with Gasteiger partial charge in [0.2, 0.25) is 5.91 Å². The fourth-order valence-electron chi connectivity index (χ4n) is 2.12. The molecule has 0 radical (unpaired) electrons. The first-order chi connectivity index (χ1) is 10.9. The number of benzene rings is 1. The normalized spacial score (nSPS) is 12.2. The molecule has 1 aromatic carbocycles. The van der Waals surface area contributed by atoms with E-state index >= 15 is 0 Å². The van der Waals surface area contributed by atoms with Crippen molar-refractivity contribution in [2.24, 2.45) is 11.5 Å². The molecule has 2 rings (SSSR count). The average molecular weight is 331 g/mol. The van der Waals surface area contributed by atoms with Crippen LogP contribution >= 0.6 is 11.3 Å². The van der Waals surface area contributed by atoms with Crippen molar-refractivity contribution in [3.8, 4) is 0 Å². The highest BCUT2D eigenvalue weighted by molar-refractivity contribution is 7.12. The topological polar surface area (TPSA) is 98.2 Å². The number of primary amides is 1. The second-order valence-corrected chi connectivity index (χ2v) is 6.61. The maximum absolute atomic E-state index is 12.1. The van der Waals surface area contributed by atoms with Crippen molar-refractivity contribution in [2.45, 2.75) is 25.8 Å². The summed E-state index contributed by atoms with van der Waals surface area (Å²) in [5.41, 5.74) is 13.9. The Morgan fingerprint density at radius 1 is 1.17 bits per heavy atom. The van der Waals surface area contributed by atoms with Gasteiger partial charge in [-0.05, 0) is 23.1 Å². The fraction of sp³-hybridized carbons (Fsp3) is 0.294. The third-order valence-corrected chi connectivity index (χ3v) is 4.55. The van der Waals surface area contributed by atoms with Gasteiger partial charge in [-0.2, -0.15) is 0 Å². The Morgan fingerprint density at radius 3 is 2.30 bits per heavy atom. The van der Waals surface area contributed by atoms with E-state index in [-0.39, 0.29) is 11.9 Å². The number of nitrogens with two attached hydrogens (primary N) is 2. The molecule has 0 bridgehead atoms. The number of carbonyl (C=O) groups is 2. The number of hydrogen-bond acceptors (Lipinski definition) is 4. The highest BCUT2D eigenvalue weighted by atomic mass is 32.1. The van der Waals surface area contributed by atoms with Gasteiger partial charge in [0, 0.05) is 18.0 Å². The summed E-state index contributed by atoms with van der Waals surface area (Å²) in [5, 5.41) is 4.35. The molecule has 1 aromatic heterocycles. The van der Waals surface area contributed by atoms with Crippen LogP contribution in [0.15, 0.2) is 35.7 Å². The van der Waals surface area contributed by atoms with Gasteiger partial charge in [-0.1, -0.05) is 38.1 Å². The molecule has 23 heavy (non-hydrogen) atoms. The number of nitrogens with one attached hydrogen (secondary N) is 1. The van der Waals surface area contributed by atoms with Crippen molar-refractivity contribution in [3.63, 3.8) is 0 Å². The van der Waals surface area contributed by atoms with Crippen LogP contribution in [0.3, 0.4) is 0 Å². The maximum atomic E-state index is 12.1. The number of carbonyl (C=O) groups excluding carboxylic acids is 2. The summed E-state index contributed by atoms with van der Waals surface area (Å²) < 4.78 is 0. The summed E-state index contributed by atoms with van der Waals surface area (Å²) in [7, 11) is 0. The number of thiophene rings is 1. The summed E-state index contributed by atoms with van der Waals surface area (Å²) in [6.07, 6.45) is 0. The van der Waals surface area contributed by atoms with E-state index in [1.807, 2.05) is 12.1 Å². The SMILES string of the molecule is CC(C)c1ccc(C(N)CNC(=O)c2cc(C(N)=O)cs2)cc1.